The fourth-order valence-electron chi connectivity index (χ4n) is 2.54. The molecule has 0 amide bonds. The first-order valence-electron chi connectivity index (χ1n) is 5.99. The van der Waals surface area contributed by atoms with Gasteiger partial charge in [-0.2, -0.15) is 0 Å². The summed E-state index contributed by atoms with van der Waals surface area (Å²) in [6, 6.07) is 6.52. The van der Waals surface area contributed by atoms with Crippen LogP contribution in [0.3, 0.4) is 0 Å². The number of ether oxygens (including phenoxy) is 1. The summed E-state index contributed by atoms with van der Waals surface area (Å²) in [5.74, 6) is 1.03. The van der Waals surface area contributed by atoms with Gasteiger partial charge >= 0.3 is 0 Å². The lowest BCUT2D eigenvalue weighted by Crippen LogP contribution is -2.19. The molecule has 86 valence electrons. The molecule has 2 aliphatic heterocycles. The molecule has 1 aromatic carbocycles. The quantitative estimate of drug-likeness (QED) is 0.811. The van der Waals surface area contributed by atoms with E-state index in [-0.39, 0.29) is 0 Å². The Labute approximate surface area is 96.4 Å². The molecular formula is C13H18N2O. The zero-order valence-corrected chi connectivity index (χ0v) is 9.70. The van der Waals surface area contributed by atoms with Crippen LogP contribution in [0.5, 0.6) is 5.75 Å². The van der Waals surface area contributed by atoms with Crippen molar-refractivity contribution in [3.05, 3.63) is 29.3 Å². The molecule has 3 rings (SSSR count). The average Bonchev–Trinajstić information content (AvgIpc) is 2.85. The van der Waals surface area contributed by atoms with E-state index >= 15 is 0 Å². The van der Waals surface area contributed by atoms with Crippen molar-refractivity contribution in [2.45, 2.75) is 25.6 Å². The molecular weight excluding hydrogens is 200 g/mol. The summed E-state index contributed by atoms with van der Waals surface area (Å²) in [4.78, 5) is 2.32. The maximum absolute atomic E-state index is 5.95. The normalized spacial score (nSPS) is 24.7. The molecule has 1 N–H and O–H groups in total. The largest absolute Gasteiger partial charge is 0.489 e. The summed E-state index contributed by atoms with van der Waals surface area (Å²) in [6.07, 6.45) is 1.48. The number of nitrogens with zero attached hydrogens (tertiary/aromatic N) is 1. The van der Waals surface area contributed by atoms with Crippen LogP contribution < -0.4 is 10.1 Å². The van der Waals surface area contributed by atoms with Gasteiger partial charge in [-0.3, -0.25) is 4.90 Å². The van der Waals surface area contributed by atoms with Gasteiger partial charge in [0.05, 0.1) is 0 Å². The fraction of sp³-hybridized carbons (Fsp3) is 0.538. The van der Waals surface area contributed by atoms with E-state index in [9.17, 15) is 0 Å². The van der Waals surface area contributed by atoms with E-state index in [2.05, 4.69) is 35.5 Å². The Hall–Kier alpha value is -1.06. The Balaban J connectivity index is 1.74. The fourth-order valence-corrected chi connectivity index (χ4v) is 2.54. The zero-order chi connectivity index (χ0) is 11.0. The Kier molecular flexibility index (Phi) is 2.58. The number of fused-ring (bicyclic) bond motifs is 1. The Morgan fingerprint density at radius 3 is 3.00 bits per heavy atom. The third-order valence-electron chi connectivity index (χ3n) is 3.38. The highest BCUT2D eigenvalue weighted by molar-refractivity contribution is 5.38. The third-order valence-corrected chi connectivity index (χ3v) is 3.38. The van der Waals surface area contributed by atoms with Crippen LogP contribution in [-0.2, 0) is 13.1 Å². The molecule has 2 heterocycles. The minimum Gasteiger partial charge on any atom is -0.489 e. The second-order valence-electron chi connectivity index (χ2n) is 4.84. The van der Waals surface area contributed by atoms with E-state index in [0.717, 1.165) is 38.3 Å². The van der Waals surface area contributed by atoms with Gasteiger partial charge in [-0.1, -0.05) is 6.07 Å². The van der Waals surface area contributed by atoms with Crippen molar-refractivity contribution >= 4 is 0 Å². The first-order chi connectivity index (χ1) is 7.81. The molecule has 16 heavy (non-hydrogen) atoms. The second-order valence-corrected chi connectivity index (χ2v) is 4.84. The SMILES string of the molecule is CN1Cc2ccc(OC3CCNC3)cc2C1. The molecule has 0 radical (unpaired) electrons. The lowest BCUT2D eigenvalue weighted by molar-refractivity contribution is 0.223. The van der Waals surface area contributed by atoms with Crippen LogP contribution in [-0.4, -0.2) is 31.1 Å². The van der Waals surface area contributed by atoms with Crippen molar-refractivity contribution in [2.75, 3.05) is 20.1 Å². The van der Waals surface area contributed by atoms with Crippen LogP contribution in [0, 0.1) is 0 Å². The zero-order valence-electron chi connectivity index (χ0n) is 9.70. The second kappa shape index (κ2) is 4.07. The maximum Gasteiger partial charge on any atom is 0.120 e. The molecule has 0 saturated carbocycles. The predicted molar refractivity (Wildman–Crippen MR) is 63.5 cm³/mol. The summed E-state index contributed by atoms with van der Waals surface area (Å²) >= 11 is 0. The number of nitrogens with one attached hydrogen (secondary N) is 1. The van der Waals surface area contributed by atoms with Gasteiger partial charge in [0, 0.05) is 19.6 Å². The molecule has 1 fully saturated rings. The highest BCUT2D eigenvalue weighted by atomic mass is 16.5. The van der Waals surface area contributed by atoms with Gasteiger partial charge in [-0.25, -0.2) is 0 Å². The van der Waals surface area contributed by atoms with Gasteiger partial charge in [-0.15, -0.1) is 0 Å². The van der Waals surface area contributed by atoms with E-state index in [1.165, 1.54) is 11.1 Å². The molecule has 3 heteroatoms. The predicted octanol–water partition coefficient (Wildman–Crippen LogP) is 1.37. The molecule has 1 saturated heterocycles. The van der Waals surface area contributed by atoms with Crippen molar-refractivity contribution in [2.24, 2.45) is 0 Å². The van der Waals surface area contributed by atoms with Gasteiger partial charge < -0.3 is 10.1 Å². The van der Waals surface area contributed by atoms with Crippen LogP contribution in [0.2, 0.25) is 0 Å². The van der Waals surface area contributed by atoms with E-state index in [1.807, 2.05) is 0 Å². The Morgan fingerprint density at radius 1 is 1.31 bits per heavy atom. The number of hydrogen-bond acceptors (Lipinski definition) is 3. The standard InChI is InChI=1S/C13H18N2O/c1-15-8-10-2-3-12(6-11(10)9-15)16-13-4-5-14-7-13/h2-3,6,13-14H,4-5,7-9H2,1H3. The van der Waals surface area contributed by atoms with Crippen LogP contribution in [0.25, 0.3) is 0 Å². The monoisotopic (exact) mass is 218 g/mol. The summed E-state index contributed by atoms with van der Waals surface area (Å²) in [7, 11) is 2.15. The summed E-state index contributed by atoms with van der Waals surface area (Å²) in [5.41, 5.74) is 2.87. The van der Waals surface area contributed by atoms with Gasteiger partial charge in [0.1, 0.15) is 11.9 Å². The number of hydrogen-bond donors (Lipinski definition) is 1. The van der Waals surface area contributed by atoms with Gasteiger partial charge in [-0.05, 0) is 43.3 Å². The van der Waals surface area contributed by atoms with Gasteiger partial charge in [0.15, 0.2) is 0 Å². The lowest BCUT2D eigenvalue weighted by Gasteiger charge is -2.13. The van der Waals surface area contributed by atoms with Crippen molar-refractivity contribution in [3.63, 3.8) is 0 Å². The lowest BCUT2D eigenvalue weighted by atomic mass is 10.1. The summed E-state index contributed by atoms with van der Waals surface area (Å²) in [6.45, 7) is 4.19. The molecule has 2 aliphatic rings. The van der Waals surface area contributed by atoms with Crippen molar-refractivity contribution in [1.29, 1.82) is 0 Å². The molecule has 1 atom stereocenters. The van der Waals surface area contributed by atoms with Gasteiger partial charge in [0.25, 0.3) is 0 Å². The van der Waals surface area contributed by atoms with E-state index in [1.54, 1.807) is 0 Å². The minimum absolute atomic E-state index is 0.359. The van der Waals surface area contributed by atoms with Crippen LogP contribution >= 0.6 is 0 Å². The van der Waals surface area contributed by atoms with Crippen molar-refractivity contribution in [1.82, 2.24) is 10.2 Å². The van der Waals surface area contributed by atoms with E-state index in [0.29, 0.717) is 6.10 Å². The van der Waals surface area contributed by atoms with Crippen molar-refractivity contribution in [3.8, 4) is 5.75 Å². The molecule has 0 aromatic heterocycles. The topological polar surface area (TPSA) is 24.5 Å². The van der Waals surface area contributed by atoms with Crippen LogP contribution in [0.1, 0.15) is 17.5 Å². The smallest absolute Gasteiger partial charge is 0.120 e. The summed E-state index contributed by atoms with van der Waals surface area (Å²) in [5, 5.41) is 3.32. The Bertz CT molecular complexity index is 386. The third kappa shape index (κ3) is 1.93. The highest BCUT2D eigenvalue weighted by Gasteiger charge is 2.19. The summed E-state index contributed by atoms with van der Waals surface area (Å²) < 4.78 is 5.95. The first-order valence-corrected chi connectivity index (χ1v) is 5.99. The first kappa shape index (κ1) is 10.1. The molecule has 0 bridgehead atoms. The molecule has 0 spiro atoms. The number of benzene rings is 1. The van der Waals surface area contributed by atoms with Crippen LogP contribution in [0.4, 0.5) is 0 Å². The maximum atomic E-state index is 5.95. The highest BCUT2D eigenvalue weighted by Crippen LogP contribution is 2.26. The van der Waals surface area contributed by atoms with E-state index in [4.69, 9.17) is 4.74 Å². The van der Waals surface area contributed by atoms with E-state index < -0.39 is 0 Å². The number of rotatable bonds is 2. The van der Waals surface area contributed by atoms with Crippen LogP contribution in [0.15, 0.2) is 18.2 Å². The van der Waals surface area contributed by atoms with Crippen molar-refractivity contribution < 1.29 is 4.74 Å². The molecule has 1 unspecified atom stereocenters. The Morgan fingerprint density at radius 2 is 2.19 bits per heavy atom. The average molecular weight is 218 g/mol. The molecule has 1 aromatic rings. The molecule has 3 nitrogen and oxygen atoms in total. The molecule has 0 aliphatic carbocycles. The minimum atomic E-state index is 0.359. The van der Waals surface area contributed by atoms with Gasteiger partial charge in [0.2, 0.25) is 0 Å².